The molecule has 4 nitrogen and oxygen atoms in total. The highest BCUT2D eigenvalue weighted by Gasteiger charge is 2.08. The van der Waals surface area contributed by atoms with Crippen molar-refractivity contribution in [1.29, 1.82) is 0 Å². The highest BCUT2D eigenvalue weighted by Crippen LogP contribution is 2.13. The molecule has 2 heterocycles. The van der Waals surface area contributed by atoms with E-state index in [1.165, 1.54) is 12.3 Å². The second kappa shape index (κ2) is 5.05. The summed E-state index contributed by atoms with van der Waals surface area (Å²) in [5.41, 5.74) is 1.85. The molecule has 2 aromatic rings. The number of aryl methyl sites for hydroxylation is 1. The first-order valence-electron chi connectivity index (χ1n) is 5.57. The Morgan fingerprint density at radius 3 is 2.88 bits per heavy atom. The molecule has 0 unspecified atom stereocenters. The number of aromatic nitrogens is 3. The Labute approximate surface area is 99.5 Å². The van der Waals surface area contributed by atoms with E-state index in [4.69, 9.17) is 0 Å². The van der Waals surface area contributed by atoms with Crippen LogP contribution >= 0.6 is 0 Å². The summed E-state index contributed by atoms with van der Waals surface area (Å²) in [6, 6.07) is 1.49. The van der Waals surface area contributed by atoms with Gasteiger partial charge in [0.2, 0.25) is 0 Å². The molecular formula is C12H15FN4. The molecule has 0 bridgehead atoms. The van der Waals surface area contributed by atoms with Crippen molar-refractivity contribution in [2.75, 3.05) is 6.54 Å². The first-order valence-corrected chi connectivity index (χ1v) is 5.57. The third kappa shape index (κ3) is 2.68. The molecule has 0 saturated carbocycles. The molecule has 0 aliphatic rings. The summed E-state index contributed by atoms with van der Waals surface area (Å²) in [7, 11) is 0. The number of pyridine rings is 1. The molecule has 0 aliphatic carbocycles. The van der Waals surface area contributed by atoms with Gasteiger partial charge in [-0.25, -0.2) is 14.1 Å². The van der Waals surface area contributed by atoms with Crippen LogP contribution in [-0.4, -0.2) is 21.3 Å². The second-order valence-corrected chi connectivity index (χ2v) is 3.88. The zero-order valence-corrected chi connectivity index (χ0v) is 9.94. The molecule has 5 heteroatoms. The van der Waals surface area contributed by atoms with Gasteiger partial charge in [0.05, 0.1) is 12.4 Å². The fraction of sp³-hybridized carbons (Fsp3) is 0.333. The minimum Gasteiger partial charge on any atom is -0.313 e. The Balaban J connectivity index is 2.38. The Bertz CT molecular complexity index is 507. The van der Waals surface area contributed by atoms with Gasteiger partial charge in [-0.2, -0.15) is 5.10 Å². The first-order chi connectivity index (χ1) is 8.20. The normalized spacial score (nSPS) is 10.8. The minimum absolute atomic E-state index is 0.328. The standard InChI is InChI=1S/C12H15FN4/c1-3-14-6-10-4-11(13)7-15-12(10)17-8-9(2)5-16-17/h4-5,7-8,14H,3,6H2,1-2H3. The molecule has 0 aliphatic heterocycles. The summed E-state index contributed by atoms with van der Waals surface area (Å²) in [6.45, 7) is 5.37. The lowest BCUT2D eigenvalue weighted by molar-refractivity contribution is 0.610. The monoisotopic (exact) mass is 234 g/mol. The maximum Gasteiger partial charge on any atom is 0.157 e. The van der Waals surface area contributed by atoms with E-state index in [0.29, 0.717) is 12.4 Å². The van der Waals surface area contributed by atoms with Crippen molar-refractivity contribution >= 4 is 0 Å². The predicted octanol–water partition coefficient (Wildman–Crippen LogP) is 1.82. The Morgan fingerprint density at radius 1 is 1.41 bits per heavy atom. The number of nitrogens with one attached hydrogen (secondary N) is 1. The Hall–Kier alpha value is -1.75. The van der Waals surface area contributed by atoms with E-state index in [0.717, 1.165) is 17.7 Å². The highest BCUT2D eigenvalue weighted by molar-refractivity contribution is 5.33. The maximum atomic E-state index is 13.2. The van der Waals surface area contributed by atoms with Crippen LogP contribution in [0.4, 0.5) is 4.39 Å². The second-order valence-electron chi connectivity index (χ2n) is 3.88. The topological polar surface area (TPSA) is 42.7 Å². The Morgan fingerprint density at radius 2 is 2.24 bits per heavy atom. The van der Waals surface area contributed by atoms with Gasteiger partial charge in [-0.05, 0) is 25.1 Å². The lowest BCUT2D eigenvalue weighted by atomic mass is 10.2. The summed E-state index contributed by atoms with van der Waals surface area (Å²) in [5, 5.41) is 7.35. The summed E-state index contributed by atoms with van der Waals surface area (Å²) in [5.74, 6) is 0.339. The van der Waals surface area contributed by atoms with E-state index in [2.05, 4.69) is 15.4 Å². The van der Waals surface area contributed by atoms with Gasteiger partial charge < -0.3 is 5.32 Å². The van der Waals surface area contributed by atoms with Gasteiger partial charge in [-0.15, -0.1) is 0 Å². The van der Waals surface area contributed by atoms with Crippen molar-refractivity contribution in [1.82, 2.24) is 20.1 Å². The zero-order valence-electron chi connectivity index (χ0n) is 9.94. The SMILES string of the molecule is CCNCc1cc(F)cnc1-n1cc(C)cn1. The van der Waals surface area contributed by atoms with E-state index in [-0.39, 0.29) is 5.82 Å². The van der Waals surface area contributed by atoms with Crippen LogP contribution in [-0.2, 0) is 6.54 Å². The largest absolute Gasteiger partial charge is 0.313 e. The van der Waals surface area contributed by atoms with Crippen molar-refractivity contribution in [3.05, 3.63) is 41.6 Å². The van der Waals surface area contributed by atoms with Crippen LogP contribution in [0.15, 0.2) is 24.7 Å². The van der Waals surface area contributed by atoms with Gasteiger partial charge in [-0.1, -0.05) is 6.92 Å². The number of halogens is 1. The van der Waals surface area contributed by atoms with Gasteiger partial charge in [-0.3, -0.25) is 0 Å². The quantitative estimate of drug-likeness (QED) is 0.877. The Kier molecular flexibility index (Phi) is 3.49. The van der Waals surface area contributed by atoms with E-state index >= 15 is 0 Å². The van der Waals surface area contributed by atoms with Crippen molar-refractivity contribution < 1.29 is 4.39 Å². The first kappa shape index (κ1) is 11.7. The molecule has 2 rings (SSSR count). The number of hydrogen-bond acceptors (Lipinski definition) is 3. The van der Waals surface area contributed by atoms with Crippen LogP contribution < -0.4 is 5.32 Å². The fourth-order valence-corrected chi connectivity index (χ4v) is 1.60. The summed E-state index contributed by atoms with van der Waals surface area (Å²) >= 11 is 0. The van der Waals surface area contributed by atoms with Crippen LogP contribution in [0.25, 0.3) is 5.82 Å². The summed E-state index contributed by atoms with van der Waals surface area (Å²) < 4.78 is 14.8. The smallest absolute Gasteiger partial charge is 0.157 e. The molecule has 0 atom stereocenters. The van der Waals surface area contributed by atoms with Gasteiger partial charge >= 0.3 is 0 Å². The van der Waals surface area contributed by atoms with Gasteiger partial charge in [0.15, 0.2) is 5.82 Å². The van der Waals surface area contributed by atoms with Gasteiger partial charge in [0.25, 0.3) is 0 Å². The lowest BCUT2D eigenvalue weighted by Gasteiger charge is -2.08. The molecule has 0 aromatic carbocycles. The fourth-order valence-electron chi connectivity index (χ4n) is 1.60. The van der Waals surface area contributed by atoms with E-state index < -0.39 is 0 Å². The van der Waals surface area contributed by atoms with E-state index in [1.807, 2.05) is 20.0 Å². The van der Waals surface area contributed by atoms with E-state index in [1.54, 1.807) is 10.9 Å². The van der Waals surface area contributed by atoms with Crippen LogP contribution in [0.1, 0.15) is 18.1 Å². The molecule has 0 spiro atoms. The molecule has 0 fully saturated rings. The summed E-state index contributed by atoms with van der Waals surface area (Å²) in [4.78, 5) is 4.10. The molecule has 0 radical (unpaired) electrons. The molecule has 1 N–H and O–H groups in total. The van der Waals surface area contributed by atoms with Crippen LogP contribution in [0.5, 0.6) is 0 Å². The zero-order chi connectivity index (χ0) is 12.3. The average molecular weight is 234 g/mol. The third-order valence-electron chi connectivity index (χ3n) is 2.40. The minimum atomic E-state index is -0.328. The molecule has 17 heavy (non-hydrogen) atoms. The summed E-state index contributed by atoms with van der Waals surface area (Å²) in [6.07, 6.45) is 4.83. The number of rotatable bonds is 4. The van der Waals surface area contributed by atoms with Crippen molar-refractivity contribution in [2.24, 2.45) is 0 Å². The van der Waals surface area contributed by atoms with Gasteiger partial charge in [0.1, 0.15) is 5.82 Å². The number of hydrogen-bond donors (Lipinski definition) is 1. The number of nitrogens with zero attached hydrogens (tertiary/aromatic N) is 3. The van der Waals surface area contributed by atoms with Gasteiger partial charge in [0, 0.05) is 18.3 Å². The highest BCUT2D eigenvalue weighted by atomic mass is 19.1. The van der Waals surface area contributed by atoms with Crippen LogP contribution in [0, 0.1) is 12.7 Å². The molecular weight excluding hydrogens is 219 g/mol. The van der Waals surface area contributed by atoms with Crippen molar-refractivity contribution in [3.8, 4) is 5.82 Å². The molecule has 0 amide bonds. The maximum absolute atomic E-state index is 13.2. The van der Waals surface area contributed by atoms with Crippen molar-refractivity contribution in [3.63, 3.8) is 0 Å². The van der Waals surface area contributed by atoms with Crippen LogP contribution in [0.3, 0.4) is 0 Å². The lowest BCUT2D eigenvalue weighted by Crippen LogP contribution is -2.15. The van der Waals surface area contributed by atoms with E-state index in [9.17, 15) is 4.39 Å². The predicted molar refractivity (Wildman–Crippen MR) is 63.4 cm³/mol. The molecule has 0 saturated heterocycles. The molecule has 2 aromatic heterocycles. The average Bonchev–Trinajstić information content (AvgIpc) is 2.73. The van der Waals surface area contributed by atoms with Crippen LogP contribution in [0.2, 0.25) is 0 Å². The third-order valence-corrected chi connectivity index (χ3v) is 2.40. The molecule has 90 valence electrons. The van der Waals surface area contributed by atoms with Crippen molar-refractivity contribution in [2.45, 2.75) is 20.4 Å².